The number of rotatable bonds is 2. The van der Waals surface area contributed by atoms with Gasteiger partial charge in [0.15, 0.2) is 10.9 Å². The van der Waals surface area contributed by atoms with Crippen molar-refractivity contribution in [3.8, 4) is 0 Å². The van der Waals surface area contributed by atoms with Crippen LogP contribution in [0.5, 0.6) is 0 Å². The van der Waals surface area contributed by atoms with Crippen molar-refractivity contribution in [2.75, 3.05) is 0 Å². The molecule has 1 aromatic rings. The highest BCUT2D eigenvalue weighted by Gasteiger charge is 2.14. The van der Waals surface area contributed by atoms with Gasteiger partial charge in [-0.15, -0.1) is 0 Å². The van der Waals surface area contributed by atoms with E-state index in [0.29, 0.717) is 17.0 Å². The standard InChI is InChI=1S/C13H18N4OS/c18-17-12(10-6-8-14-9-7-10)16-13(19)15-11-4-2-1-3-5-11/h6-9,11,18H,1-5H2,(H2,15,16,17,19). The first-order valence-corrected chi connectivity index (χ1v) is 6.90. The van der Waals surface area contributed by atoms with E-state index in [9.17, 15) is 0 Å². The van der Waals surface area contributed by atoms with Crippen LogP contribution in [0.2, 0.25) is 0 Å². The number of amidine groups is 1. The fourth-order valence-corrected chi connectivity index (χ4v) is 2.48. The molecule has 0 amide bonds. The lowest BCUT2D eigenvalue weighted by atomic mass is 9.96. The molecule has 0 aromatic carbocycles. The summed E-state index contributed by atoms with van der Waals surface area (Å²) in [5, 5.41) is 12.8. The highest BCUT2D eigenvalue weighted by atomic mass is 32.1. The Balaban J connectivity index is 1.99. The Kier molecular flexibility index (Phi) is 5.23. The summed E-state index contributed by atoms with van der Waals surface area (Å²) >= 11 is 5.21. The third-order valence-electron chi connectivity index (χ3n) is 3.21. The molecule has 0 unspecified atom stereocenters. The lowest BCUT2D eigenvalue weighted by molar-refractivity contribution is 0.235. The molecule has 19 heavy (non-hydrogen) atoms. The van der Waals surface area contributed by atoms with Crippen molar-refractivity contribution < 1.29 is 5.21 Å². The van der Waals surface area contributed by atoms with Crippen molar-refractivity contribution in [1.82, 2.24) is 15.8 Å². The average Bonchev–Trinajstić information content (AvgIpc) is 2.47. The van der Waals surface area contributed by atoms with Gasteiger partial charge in [0.2, 0.25) is 0 Å². The molecule has 1 aliphatic rings. The van der Waals surface area contributed by atoms with Gasteiger partial charge in [-0.05, 0) is 37.2 Å². The molecule has 1 fully saturated rings. The monoisotopic (exact) mass is 278 g/mol. The average molecular weight is 278 g/mol. The normalized spacial score (nSPS) is 17.0. The van der Waals surface area contributed by atoms with Crippen LogP contribution in [0.25, 0.3) is 0 Å². The molecule has 6 heteroatoms. The first kappa shape index (κ1) is 13.9. The Hall–Kier alpha value is -1.53. The van der Waals surface area contributed by atoms with Crippen LogP contribution < -0.4 is 10.8 Å². The van der Waals surface area contributed by atoms with E-state index in [0.717, 1.165) is 18.4 Å². The molecular weight excluding hydrogens is 260 g/mol. The molecule has 0 saturated heterocycles. The van der Waals surface area contributed by atoms with Gasteiger partial charge in [0.25, 0.3) is 0 Å². The van der Waals surface area contributed by atoms with Gasteiger partial charge in [0.1, 0.15) is 0 Å². The van der Waals surface area contributed by atoms with Gasteiger partial charge in [0, 0.05) is 24.0 Å². The maximum atomic E-state index is 9.15. The Morgan fingerprint density at radius 2 is 1.95 bits per heavy atom. The first-order chi connectivity index (χ1) is 9.29. The summed E-state index contributed by atoms with van der Waals surface area (Å²) in [6, 6.07) is 3.92. The van der Waals surface area contributed by atoms with E-state index in [-0.39, 0.29) is 0 Å². The number of nitrogens with one attached hydrogen (secondary N) is 2. The van der Waals surface area contributed by atoms with Gasteiger partial charge in [-0.2, -0.15) is 0 Å². The molecule has 1 aromatic heterocycles. The first-order valence-electron chi connectivity index (χ1n) is 6.49. The highest BCUT2D eigenvalue weighted by molar-refractivity contribution is 7.80. The van der Waals surface area contributed by atoms with E-state index >= 15 is 0 Å². The zero-order chi connectivity index (χ0) is 13.5. The molecule has 3 N–H and O–H groups in total. The molecule has 1 aliphatic carbocycles. The predicted octanol–water partition coefficient (Wildman–Crippen LogP) is 2.01. The zero-order valence-corrected chi connectivity index (χ0v) is 11.5. The molecule has 102 valence electrons. The number of pyridine rings is 1. The van der Waals surface area contributed by atoms with E-state index in [2.05, 4.69) is 20.8 Å². The molecule has 1 heterocycles. The maximum Gasteiger partial charge on any atom is 0.195 e. The van der Waals surface area contributed by atoms with Crippen LogP contribution in [0.15, 0.2) is 29.5 Å². The highest BCUT2D eigenvalue weighted by Crippen LogP contribution is 2.17. The largest absolute Gasteiger partial charge is 0.358 e. The Labute approximate surface area is 118 Å². The molecule has 0 aliphatic heterocycles. The minimum atomic E-state index is 0.329. The molecule has 1 saturated carbocycles. The van der Waals surface area contributed by atoms with Crippen molar-refractivity contribution in [2.24, 2.45) is 4.99 Å². The van der Waals surface area contributed by atoms with E-state index in [1.54, 1.807) is 24.5 Å². The van der Waals surface area contributed by atoms with Gasteiger partial charge >= 0.3 is 0 Å². The number of thiocarbonyl (C=S) groups is 1. The van der Waals surface area contributed by atoms with Crippen molar-refractivity contribution in [3.05, 3.63) is 30.1 Å². The summed E-state index contributed by atoms with van der Waals surface area (Å²) in [7, 11) is 0. The van der Waals surface area contributed by atoms with Gasteiger partial charge in [-0.3, -0.25) is 15.7 Å². The Bertz CT molecular complexity index is 443. The van der Waals surface area contributed by atoms with Gasteiger partial charge in [0.05, 0.1) is 0 Å². The molecule has 0 atom stereocenters. The summed E-state index contributed by atoms with van der Waals surface area (Å²) in [4.78, 5) is 8.13. The summed E-state index contributed by atoms with van der Waals surface area (Å²) in [6.45, 7) is 0. The second kappa shape index (κ2) is 7.16. The molecule has 0 bridgehead atoms. The lowest BCUT2D eigenvalue weighted by Gasteiger charge is -2.22. The number of hydroxylamine groups is 1. The van der Waals surface area contributed by atoms with Crippen LogP contribution in [-0.4, -0.2) is 27.2 Å². The summed E-state index contributed by atoms with van der Waals surface area (Å²) in [5.41, 5.74) is 2.82. The van der Waals surface area contributed by atoms with Crippen molar-refractivity contribution >= 4 is 23.2 Å². The van der Waals surface area contributed by atoms with Crippen molar-refractivity contribution in [1.29, 1.82) is 0 Å². The number of nitrogens with zero attached hydrogens (tertiary/aromatic N) is 2. The molecular formula is C13H18N4OS. The van der Waals surface area contributed by atoms with Gasteiger partial charge in [-0.25, -0.2) is 4.99 Å². The van der Waals surface area contributed by atoms with E-state index in [4.69, 9.17) is 17.4 Å². The van der Waals surface area contributed by atoms with Crippen LogP contribution in [0.4, 0.5) is 0 Å². The topological polar surface area (TPSA) is 69.5 Å². The second-order valence-electron chi connectivity index (χ2n) is 4.59. The van der Waals surface area contributed by atoms with Gasteiger partial charge in [-0.1, -0.05) is 19.3 Å². The third kappa shape index (κ3) is 4.25. The van der Waals surface area contributed by atoms with Gasteiger partial charge < -0.3 is 5.32 Å². The van der Waals surface area contributed by atoms with Crippen molar-refractivity contribution in [2.45, 2.75) is 38.1 Å². The van der Waals surface area contributed by atoms with Crippen LogP contribution in [0.1, 0.15) is 37.7 Å². The third-order valence-corrected chi connectivity index (χ3v) is 3.41. The molecule has 0 radical (unpaired) electrons. The summed E-state index contributed by atoms with van der Waals surface area (Å²) in [6.07, 6.45) is 9.31. The molecule has 0 spiro atoms. The van der Waals surface area contributed by atoms with E-state index < -0.39 is 0 Å². The lowest BCUT2D eigenvalue weighted by Crippen LogP contribution is -2.35. The van der Waals surface area contributed by atoms with Crippen LogP contribution in [0, 0.1) is 0 Å². The quantitative estimate of drug-likeness (QED) is 0.334. The minimum absolute atomic E-state index is 0.329. The fraction of sp³-hybridized carbons (Fsp3) is 0.462. The molecule has 5 nitrogen and oxygen atoms in total. The van der Waals surface area contributed by atoms with Crippen LogP contribution in [0.3, 0.4) is 0 Å². The number of aromatic nitrogens is 1. The molecule has 2 rings (SSSR count). The number of hydrogen-bond donors (Lipinski definition) is 3. The Morgan fingerprint density at radius 1 is 1.26 bits per heavy atom. The summed E-state index contributed by atoms with van der Waals surface area (Å²) < 4.78 is 0. The van der Waals surface area contributed by atoms with Crippen molar-refractivity contribution in [3.63, 3.8) is 0 Å². The fourth-order valence-electron chi connectivity index (χ4n) is 2.22. The number of aliphatic imine (C=N–C) groups is 1. The number of hydrogen-bond acceptors (Lipinski definition) is 3. The smallest absolute Gasteiger partial charge is 0.195 e. The Morgan fingerprint density at radius 3 is 2.58 bits per heavy atom. The zero-order valence-electron chi connectivity index (χ0n) is 10.7. The van der Waals surface area contributed by atoms with Crippen LogP contribution in [-0.2, 0) is 0 Å². The van der Waals surface area contributed by atoms with Crippen LogP contribution >= 0.6 is 12.2 Å². The summed E-state index contributed by atoms with van der Waals surface area (Å²) in [5.74, 6) is 0.329. The predicted molar refractivity (Wildman–Crippen MR) is 78.3 cm³/mol. The van der Waals surface area contributed by atoms with E-state index in [1.807, 2.05) is 0 Å². The minimum Gasteiger partial charge on any atom is -0.358 e. The van der Waals surface area contributed by atoms with E-state index in [1.165, 1.54) is 19.3 Å². The second-order valence-corrected chi connectivity index (χ2v) is 4.98. The SMILES string of the molecule is ON/C(=N\C(=S)NC1CCCCC1)c1ccncc1. The maximum absolute atomic E-state index is 9.15.